The molecule has 1 saturated heterocycles. The van der Waals surface area contributed by atoms with Gasteiger partial charge in [0.15, 0.2) is 0 Å². The Morgan fingerprint density at radius 2 is 2.32 bits per heavy atom. The molecule has 1 aliphatic rings. The minimum Gasteiger partial charge on any atom is -0.481 e. The van der Waals surface area contributed by atoms with Crippen LogP contribution in [0.3, 0.4) is 0 Å². The number of hydrogen-bond donors (Lipinski definition) is 1. The summed E-state index contributed by atoms with van der Waals surface area (Å²) in [7, 11) is 0. The van der Waals surface area contributed by atoms with Crippen molar-refractivity contribution in [1.82, 2.24) is 19.9 Å². The molecule has 8 nitrogen and oxygen atoms in total. The van der Waals surface area contributed by atoms with Gasteiger partial charge in [-0.3, -0.25) is 14.3 Å². The molecule has 2 heterocycles. The Labute approximate surface area is 109 Å². The number of ether oxygens (including phenoxy) is 1. The lowest BCUT2D eigenvalue weighted by Crippen LogP contribution is -2.46. The van der Waals surface area contributed by atoms with Crippen LogP contribution >= 0.6 is 0 Å². The molecule has 1 fully saturated rings. The van der Waals surface area contributed by atoms with E-state index in [2.05, 4.69) is 10.3 Å². The van der Waals surface area contributed by atoms with E-state index in [0.717, 1.165) is 0 Å². The van der Waals surface area contributed by atoms with Crippen LogP contribution in [0, 0.1) is 0 Å². The molecule has 1 unspecified atom stereocenters. The van der Waals surface area contributed by atoms with Crippen LogP contribution in [-0.4, -0.2) is 62.7 Å². The number of carbonyl (C=O) groups is 2. The van der Waals surface area contributed by atoms with E-state index in [4.69, 9.17) is 9.84 Å². The number of carbonyl (C=O) groups excluding carboxylic acids is 1. The lowest BCUT2D eigenvalue weighted by Gasteiger charge is -2.32. The van der Waals surface area contributed by atoms with Crippen molar-refractivity contribution >= 4 is 11.9 Å². The van der Waals surface area contributed by atoms with Crippen LogP contribution in [0.1, 0.15) is 12.8 Å². The van der Waals surface area contributed by atoms with Crippen molar-refractivity contribution < 1.29 is 19.4 Å². The Balaban J connectivity index is 1.79. The number of aryl methyl sites for hydroxylation is 1. The van der Waals surface area contributed by atoms with Crippen molar-refractivity contribution in [2.24, 2.45) is 0 Å². The van der Waals surface area contributed by atoms with Crippen LogP contribution in [0.5, 0.6) is 0 Å². The van der Waals surface area contributed by atoms with Crippen LogP contribution in [0.15, 0.2) is 12.4 Å². The maximum atomic E-state index is 12.0. The number of carboxylic acids is 1. The first-order chi connectivity index (χ1) is 9.15. The quantitative estimate of drug-likeness (QED) is 0.763. The van der Waals surface area contributed by atoms with Gasteiger partial charge in [-0.1, -0.05) is 5.21 Å². The number of hydrogen-bond acceptors (Lipinski definition) is 5. The highest BCUT2D eigenvalue weighted by atomic mass is 16.5. The van der Waals surface area contributed by atoms with Crippen molar-refractivity contribution in [3.63, 3.8) is 0 Å². The number of amides is 1. The van der Waals surface area contributed by atoms with Gasteiger partial charge >= 0.3 is 5.97 Å². The van der Waals surface area contributed by atoms with Crippen molar-refractivity contribution in [2.45, 2.75) is 25.5 Å². The second kappa shape index (κ2) is 6.28. The minimum atomic E-state index is -0.915. The van der Waals surface area contributed by atoms with Gasteiger partial charge in [0.1, 0.15) is 0 Å². The van der Waals surface area contributed by atoms with E-state index < -0.39 is 12.1 Å². The maximum absolute atomic E-state index is 12.0. The molecule has 8 heteroatoms. The van der Waals surface area contributed by atoms with Crippen molar-refractivity contribution in [3.05, 3.63) is 12.4 Å². The Morgan fingerprint density at radius 3 is 3.00 bits per heavy atom. The van der Waals surface area contributed by atoms with Crippen LogP contribution < -0.4 is 0 Å². The van der Waals surface area contributed by atoms with E-state index in [9.17, 15) is 9.59 Å². The number of rotatable bonds is 5. The first-order valence-corrected chi connectivity index (χ1v) is 6.10. The molecule has 104 valence electrons. The molecule has 1 atom stereocenters. The summed E-state index contributed by atoms with van der Waals surface area (Å²) >= 11 is 0. The van der Waals surface area contributed by atoms with Gasteiger partial charge in [-0.2, -0.15) is 0 Å². The lowest BCUT2D eigenvalue weighted by atomic mass is 10.2. The van der Waals surface area contributed by atoms with Crippen molar-refractivity contribution in [3.8, 4) is 0 Å². The van der Waals surface area contributed by atoms with Gasteiger partial charge in [-0.05, 0) is 0 Å². The second-order valence-corrected chi connectivity index (χ2v) is 4.35. The molecule has 1 aromatic heterocycles. The number of carboxylic acid groups (broad SMARTS) is 1. The fraction of sp³-hybridized carbons (Fsp3) is 0.636. The average molecular weight is 268 g/mol. The zero-order valence-corrected chi connectivity index (χ0v) is 10.4. The molecule has 19 heavy (non-hydrogen) atoms. The third kappa shape index (κ3) is 4.02. The SMILES string of the molecule is O=C(O)CC1CN(C(=O)CCn2ccnn2)CCO1. The Bertz CT molecular complexity index is 434. The highest BCUT2D eigenvalue weighted by molar-refractivity contribution is 5.76. The molecular weight excluding hydrogens is 252 g/mol. The smallest absolute Gasteiger partial charge is 0.306 e. The van der Waals surface area contributed by atoms with E-state index in [-0.39, 0.29) is 12.3 Å². The number of morpholine rings is 1. The highest BCUT2D eigenvalue weighted by Gasteiger charge is 2.25. The zero-order valence-electron chi connectivity index (χ0n) is 10.4. The van der Waals surface area contributed by atoms with Gasteiger partial charge in [-0.25, -0.2) is 0 Å². The summed E-state index contributed by atoms with van der Waals surface area (Å²) in [4.78, 5) is 24.3. The van der Waals surface area contributed by atoms with Gasteiger partial charge in [0, 0.05) is 25.7 Å². The van der Waals surface area contributed by atoms with Gasteiger partial charge in [0.05, 0.1) is 31.9 Å². The molecule has 1 N–H and O–H groups in total. The van der Waals surface area contributed by atoms with E-state index in [1.165, 1.54) is 0 Å². The molecule has 0 spiro atoms. The minimum absolute atomic E-state index is 0.0193. The summed E-state index contributed by atoms with van der Waals surface area (Å²) in [5.41, 5.74) is 0. The number of aromatic nitrogens is 3. The molecular formula is C11H16N4O4. The van der Waals surface area contributed by atoms with E-state index in [1.807, 2.05) is 0 Å². The van der Waals surface area contributed by atoms with E-state index in [1.54, 1.807) is 22.0 Å². The van der Waals surface area contributed by atoms with Crippen LogP contribution in [0.2, 0.25) is 0 Å². The first kappa shape index (κ1) is 13.5. The van der Waals surface area contributed by atoms with E-state index >= 15 is 0 Å². The summed E-state index contributed by atoms with van der Waals surface area (Å²) in [6.07, 6.45) is 3.08. The van der Waals surface area contributed by atoms with Crippen molar-refractivity contribution in [1.29, 1.82) is 0 Å². The Morgan fingerprint density at radius 1 is 1.47 bits per heavy atom. The fourth-order valence-corrected chi connectivity index (χ4v) is 1.98. The average Bonchev–Trinajstić information content (AvgIpc) is 2.88. The van der Waals surface area contributed by atoms with Crippen LogP contribution in [-0.2, 0) is 20.9 Å². The number of nitrogens with zero attached hydrogens (tertiary/aromatic N) is 4. The Kier molecular flexibility index (Phi) is 4.45. The maximum Gasteiger partial charge on any atom is 0.306 e. The topological polar surface area (TPSA) is 97.6 Å². The molecule has 1 amide bonds. The van der Waals surface area contributed by atoms with Crippen LogP contribution in [0.4, 0.5) is 0 Å². The summed E-state index contributed by atoms with van der Waals surface area (Å²) < 4.78 is 6.91. The van der Waals surface area contributed by atoms with Crippen molar-refractivity contribution in [2.75, 3.05) is 19.7 Å². The second-order valence-electron chi connectivity index (χ2n) is 4.35. The summed E-state index contributed by atoms with van der Waals surface area (Å²) in [5.74, 6) is -0.934. The monoisotopic (exact) mass is 268 g/mol. The number of aliphatic carboxylic acids is 1. The van der Waals surface area contributed by atoms with E-state index in [0.29, 0.717) is 32.7 Å². The normalized spacial score (nSPS) is 19.4. The van der Waals surface area contributed by atoms with Gasteiger partial charge < -0.3 is 14.7 Å². The summed E-state index contributed by atoms with van der Waals surface area (Å²) in [5, 5.41) is 16.2. The largest absolute Gasteiger partial charge is 0.481 e. The zero-order chi connectivity index (χ0) is 13.7. The third-order valence-corrected chi connectivity index (χ3v) is 2.92. The van der Waals surface area contributed by atoms with Gasteiger partial charge in [0.25, 0.3) is 0 Å². The third-order valence-electron chi connectivity index (χ3n) is 2.92. The lowest BCUT2D eigenvalue weighted by molar-refractivity contribution is -0.147. The first-order valence-electron chi connectivity index (χ1n) is 6.10. The molecule has 1 aromatic rings. The predicted octanol–water partition coefficient (Wildman–Crippen LogP) is -0.630. The molecule has 0 aromatic carbocycles. The predicted molar refractivity (Wildman–Crippen MR) is 63.2 cm³/mol. The van der Waals surface area contributed by atoms with Crippen LogP contribution in [0.25, 0.3) is 0 Å². The van der Waals surface area contributed by atoms with Gasteiger partial charge in [0.2, 0.25) is 5.91 Å². The molecule has 0 saturated carbocycles. The fourth-order valence-electron chi connectivity index (χ4n) is 1.98. The molecule has 2 rings (SSSR count). The standard InChI is InChI=1S/C11H16N4O4/c16-10(1-3-15-4-2-12-13-15)14-5-6-19-9(8-14)7-11(17)18/h2,4,9H,1,3,5-8H2,(H,17,18). The summed E-state index contributed by atoms with van der Waals surface area (Å²) in [6.45, 7) is 1.70. The molecule has 1 aliphatic heterocycles. The molecule has 0 radical (unpaired) electrons. The molecule has 0 bridgehead atoms. The molecule has 0 aliphatic carbocycles. The summed E-state index contributed by atoms with van der Waals surface area (Å²) in [6, 6.07) is 0. The van der Waals surface area contributed by atoms with Gasteiger partial charge in [-0.15, -0.1) is 5.10 Å². The Hall–Kier alpha value is -1.96. The highest BCUT2D eigenvalue weighted by Crippen LogP contribution is 2.10.